The Morgan fingerprint density at radius 2 is 2.06 bits per heavy atom. The summed E-state index contributed by atoms with van der Waals surface area (Å²) in [4.78, 5) is 22.3. The summed E-state index contributed by atoms with van der Waals surface area (Å²) in [5.74, 6) is 1.61. The summed E-state index contributed by atoms with van der Waals surface area (Å²) in [6, 6.07) is -0.948. The monoisotopic (exact) mass is 237 g/mol. The van der Waals surface area contributed by atoms with Crippen LogP contribution in [0.25, 0.3) is 0 Å². The average Bonchev–Trinajstić information content (AvgIpc) is 2.78. The van der Waals surface area contributed by atoms with E-state index in [1.165, 1.54) is 25.7 Å². The fourth-order valence-corrected chi connectivity index (χ4v) is 2.22. The number of carboxylic acid groups (broad SMARTS) is 1. The molecule has 0 aromatic carbocycles. The quantitative estimate of drug-likeness (QED) is 0.689. The third-order valence-electron chi connectivity index (χ3n) is 3.21. The van der Waals surface area contributed by atoms with E-state index in [4.69, 9.17) is 11.5 Å². The van der Waals surface area contributed by atoms with Crippen molar-refractivity contribution in [1.82, 2.24) is 5.32 Å². The van der Waals surface area contributed by atoms with Gasteiger partial charge in [0.25, 0.3) is 0 Å². The molecule has 1 unspecified atom stereocenters. The molecule has 0 radical (unpaired) electrons. The molecule has 0 bridgehead atoms. The minimum Gasteiger partial charge on any atom is -0.480 e. The summed E-state index contributed by atoms with van der Waals surface area (Å²) in [5.41, 5.74) is 0. The van der Waals surface area contributed by atoms with Crippen molar-refractivity contribution in [3.05, 3.63) is 0 Å². The number of rotatable bonds is 6. The first-order valence-electron chi connectivity index (χ1n) is 6.09. The van der Waals surface area contributed by atoms with Gasteiger partial charge in [-0.2, -0.15) is 0 Å². The van der Waals surface area contributed by atoms with Gasteiger partial charge in [-0.25, -0.2) is 4.79 Å². The van der Waals surface area contributed by atoms with Gasteiger partial charge in [-0.3, -0.25) is 4.79 Å². The summed E-state index contributed by atoms with van der Waals surface area (Å²) in [6.07, 6.45) is 11.2. The van der Waals surface area contributed by atoms with Crippen LogP contribution in [0.4, 0.5) is 0 Å². The predicted octanol–water partition coefficient (Wildman–Crippen LogP) is 1.55. The number of hydrogen-bond donors (Lipinski definition) is 2. The Balaban J connectivity index is 2.26. The highest BCUT2D eigenvalue weighted by atomic mass is 16.4. The van der Waals surface area contributed by atoms with Crippen molar-refractivity contribution in [3.8, 4) is 12.3 Å². The van der Waals surface area contributed by atoms with Gasteiger partial charge >= 0.3 is 5.97 Å². The van der Waals surface area contributed by atoms with Gasteiger partial charge in [0.15, 0.2) is 0 Å². The van der Waals surface area contributed by atoms with Gasteiger partial charge in [-0.15, -0.1) is 12.3 Å². The molecule has 0 aliphatic heterocycles. The van der Waals surface area contributed by atoms with E-state index in [2.05, 4.69) is 11.2 Å². The van der Waals surface area contributed by atoms with Gasteiger partial charge < -0.3 is 10.4 Å². The van der Waals surface area contributed by atoms with Gasteiger partial charge in [0.1, 0.15) is 6.04 Å². The molecule has 0 spiro atoms. The van der Waals surface area contributed by atoms with E-state index in [0.717, 1.165) is 6.42 Å². The molecular weight excluding hydrogens is 218 g/mol. The fourth-order valence-electron chi connectivity index (χ4n) is 2.22. The molecule has 1 aliphatic rings. The molecule has 4 heteroatoms. The van der Waals surface area contributed by atoms with E-state index in [-0.39, 0.29) is 12.3 Å². The highest BCUT2D eigenvalue weighted by molar-refractivity contribution is 5.83. The minimum absolute atomic E-state index is 0.0322. The Bertz CT molecular complexity index is 313. The SMILES string of the molecule is C#CCC(NC(=O)CCC1CCCC1)C(=O)O. The first kappa shape index (κ1) is 13.6. The van der Waals surface area contributed by atoms with Crippen molar-refractivity contribution in [2.75, 3.05) is 0 Å². The van der Waals surface area contributed by atoms with Crippen LogP contribution in [0.15, 0.2) is 0 Å². The van der Waals surface area contributed by atoms with Crippen molar-refractivity contribution < 1.29 is 14.7 Å². The molecule has 2 N–H and O–H groups in total. The summed E-state index contributed by atoms with van der Waals surface area (Å²) in [7, 11) is 0. The van der Waals surface area contributed by atoms with Gasteiger partial charge in [0.2, 0.25) is 5.91 Å². The zero-order valence-corrected chi connectivity index (χ0v) is 9.95. The Kier molecular flexibility index (Phi) is 5.55. The van der Waals surface area contributed by atoms with Gasteiger partial charge in [0, 0.05) is 12.8 Å². The van der Waals surface area contributed by atoms with E-state index in [9.17, 15) is 9.59 Å². The van der Waals surface area contributed by atoms with Crippen molar-refractivity contribution in [2.24, 2.45) is 5.92 Å². The summed E-state index contributed by atoms with van der Waals surface area (Å²) in [5, 5.41) is 11.3. The highest BCUT2D eigenvalue weighted by Gasteiger charge is 2.20. The maximum Gasteiger partial charge on any atom is 0.327 e. The first-order valence-corrected chi connectivity index (χ1v) is 6.09. The van der Waals surface area contributed by atoms with Crippen LogP contribution >= 0.6 is 0 Å². The first-order chi connectivity index (χ1) is 8.13. The smallest absolute Gasteiger partial charge is 0.327 e. The van der Waals surface area contributed by atoms with E-state index in [1.807, 2.05) is 0 Å². The lowest BCUT2D eigenvalue weighted by Crippen LogP contribution is -2.40. The summed E-state index contributed by atoms with van der Waals surface area (Å²) >= 11 is 0. The van der Waals surface area contributed by atoms with E-state index in [0.29, 0.717) is 12.3 Å². The highest BCUT2D eigenvalue weighted by Crippen LogP contribution is 2.28. The summed E-state index contributed by atoms with van der Waals surface area (Å²) in [6.45, 7) is 0. The zero-order valence-electron chi connectivity index (χ0n) is 9.95. The predicted molar refractivity (Wildman–Crippen MR) is 64.2 cm³/mol. The number of amides is 1. The van der Waals surface area contributed by atoms with Crippen LogP contribution in [0.1, 0.15) is 44.9 Å². The lowest BCUT2D eigenvalue weighted by atomic mass is 10.0. The molecule has 0 saturated heterocycles. The van der Waals surface area contributed by atoms with Crippen LogP contribution in [0.3, 0.4) is 0 Å². The second-order valence-corrected chi connectivity index (χ2v) is 4.56. The summed E-state index contributed by atoms with van der Waals surface area (Å²) < 4.78 is 0. The largest absolute Gasteiger partial charge is 0.480 e. The van der Waals surface area contributed by atoms with E-state index >= 15 is 0 Å². The van der Waals surface area contributed by atoms with Crippen LogP contribution < -0.4 is 5.32 Å². The molecule has 1 fully saturated rings. The molecule has 0 heterocycles. The van der Waals surface area contributed by atoms with Gasteiger partial charge in [-0.05, 0) is 12.3 Å². The number of hydrogen-bond acceptors (Lipinski definition) is 2. The lowest BCUT2D eigenvalue weighted by molar-refractivity contribution is -0.141. The molecule has 1 aliphatic carbocycles. The number of nitrogens with one attached hydrogen (secondary N) is 1. The normalized spacial score (nSPS) is 17.4. The van der Waals surface area contributed by atoms with Crippen LogP contribution in [0.2, 0.25) is 0 Å². The number of carboxylic acids is 1. The van der Waals surface area contributed by atoms with Gasteiger partial charge in [0.05, 0.1) is 0 Å². The lowest BCUT2D eigenvalue weighted by Gasteiger charge is -2.13. The second-order valence-electron chi connectivity index (χ2n) is 4.56. The standard InChI is InChI=1S/C13H19NO3/c1-2-5-11(13(16)17)14-12(15)9-8-10-6-3-4-7-10/h1,10-11H,3-9H2,(H,14,15)(H,16,17). The Morgan fingerprint density at radius 3 is 2.59 bits per heavy atom. The molecule has 17 heavy (non-hydrogen) atoms. The van der Waals surface area contributed by atoms with Crippen LogP contribution in [-0.2, 0) is 9.59 Å². The molecular formula is C13H19NO3. The third-order valence-corrected chi connectivity index (χ3v) is 3.21. The maximum absolute atomic E-state index is 11.5. The molecule has 1 atom stereocenters. The van der Waals surface area contributed by atoms with Crippen LogP contribution in [-0.4, -0.2) is 23.0 Å². The molecule has 4 nitrogen and oxygen atoms in total. The average molecular weight is 237 g/mol. The van der Waals surface area contributed by atoms with Crippen LogP contribution in [0, 0.1) is 18.3 Å². The van der Waals surface area contributed by atoms with Crippen molar-refractivity contribution >= 4 is 11.9 Å². The topological polar surface area (TPSA) is 66.4 Å². The van der Waals surface area contributed by atoms with Crippen molar-refractivity contribution in [3.63, 3.8) is 0 Å². The van der Waals surface area contributed by atoms with Crippen LogP contribution in [0.5, 0.6) is 0 Å². The number of carbonyl (C=O) groups is 2. The maximum atomic E-state index is 11.5. The molecule has 94 valence electrons. The Labute approximate surface area is 102 Å². The molecule has 0 aromatic rings. The van der Waals surface area contributed by atoms with Crippen molar-refractivity contribution in [2.45, 2.75) is 51.0 Å². The van der Waals surface area contributed by atoms with Crippen molar-refractivity contribution in [1.29, 1.82) is 0 Å². The molecule has 0 aromatic heterocycles. The fraction of sp³-hybridized carbons (Fsp3) is 0.692. The van der Waals surface area contributed by atoms with E-state index in [1.54, 1.807) is 0 Å². The Hall–Kier alpha value is -1.50. The van der Waals surface area contributed by atoms with E-state index < -0.39 is 12.0 Å². The second kappa shape index (κ2) is 6.95. The number of aliphatic carboxylic acids is 1. The minimum atomic E-state index is -1.07. The van der Waals surface area contributed by atoms with Gasteiger partial charge in [-0.1, -0.05) is 25.7 Å². The Morgan fingerprint density at radius 1 is 1.41 bits per heavy atom. The number of carbonyl (C=O) groups excluding carboxylic acids is 1. The molecule has 1 saturated carbocycles. The molecule has 1 amide bonds. The third kappa shape index (κ3) is 4.90. The number of terminal acetylenes is 1. The molecule has 1 rings (SSSR count). The zero-order chi connectivity index (χ0) is 12.7.